The van der Waals surface area contributed by atoms with Crippen molar-refractivity contribution in [2.75, 3.05) is 18.0 Å². The summed E-state index contributed by atoms with van der Waals surface area (Å²) in [6.45, 7) is 1.43. The lowest BCUT2D eigenvalue weighted by Crippen LogP contribution is -2.26. The number of para-hydroxylation sites is 1. The number of aryl methyl sites for hydroxylation is 1. The SMILES string of the molecule is O=C(Cc1ccc(N2CCCC2=O)cc1)NCCCc1nc2ccccc2s1. The third-order valence-corrected chi connectivity index (χ3v) is 6.01. The predicted octanol–water partition coefficient (Wildman–Crippen LogP) is 3.71. The Morgan fingerprint density at radius 1 is 1.14 bits per heavy atom. The van der Waals surface area contributed by atoms with E-state index in [-0.39, 0.29) is 11.8 Å². The van der Waals surface area contributed by atoms with Crippen molar-refractivity contribution in [2.45, 2.75) is 32.1 Å². The monoisotopic (exact) mass is 393 g/mol. The largest absolute Gasteiger partial charge is 0.356 e. The third kappa shape index (κ3) is 4.39. The molecule has 0 saturated carbocycles. The smallest absolute Gasteiger partial charge is 0.227 e. The van der Waals surface area contributed by atoms with Crippen LogP contribution < -0.4 is 10.2 Å². The summed E-state index contributed by atoms with van der Waals surface area (Å²) >= 11 is 1.72. The molecule has 5 nitrogen and oxygen atoms in total. The Labute approximate surface area is 168 Å². The molecule has 0 bridgehead atoms. The molecule has 0 spiro atoms. The molecule has 1 aromatic heterocycles. The van der Waals surface area contributed by atoms with Gasteiger partial charge in [-0.3, -0.25) is 9.59 Å². The van der Waals surface area contributed by atoms with Gasteiger partial charge in [0.25, 0.3) is 0 Å². The number of carbonyl (C=O) groups excluding carboxylic acids is 2. The van der Waals surface area contributed by atoms with E-state index >= 15 is 0 Å². The van der Waals surface area contributed by atoms with Gasteiger partial charge in [-0.05, 0) is 42.7 Å². The van der Waals surface area contributed by atoms with Crippen molar-refractivity contribution in [3.05, 3.63) is 59.1 Å². The van der Waals surface area contributed by atoms with Crippen LogP contribution in [0.3, 0.4) is 0 Å². The average molecular weight is 394 g/mol. The van der Waals surface area contributed by atoms with Gasteiger partial charge in [-0.15, -0.1) is 11.3 Å². The van der Waals surface area contributed by atoms with Gasteiger partial charge in [0.2, 0.25) is 11.8 Å². The highest BCUT2D eigenvalue weighted by Gasteiger charge is 2.21. The first kappa shape index (κ1) is 18.6. The predicted molar refractivity (Wildman–Crippen MR) is 113 cm³/mol. The molecular weight excluding hydrogens is 370 g/mol. The standard InChI is InChI=1S/C22H23N3O2S/c26-20(15-16-9-11-17(12-10-16)25-14-4-8-22(25)27)23-13-3-7-21-24-18-5-1-2-6-19(18)28-21/h1-2,5-6,9-12H,3-4,7-8,13-15H2,(H,23,26). The van der Waals surface area contributed by atoms with Gasteiger partial charge in [-0.2, -0.15) is 0 Å². The Morgan fingerprint density at radius 3 is 2.71 bits per heavy atom. The number of benzene rings is 2. The van der Waals surface area contributed by atoms with Gasteiger partial charge in [0.15, 0.2) is 0 Å². The van der Waals surface area contributed by atoms with E-state index in [4.69, 9.17) is 0 Å². The van der Waals surface area contributed by atoms with Gasteiger partial charge in [-0.25, -0.2) is 4.98 Å². The first-order valence-corrected chi connectivity index (χ1v) is 10.5. The van der Waals surface area contributed by atoms with Crippen molar-refractivity contribution in [1.82, 2.24) is 10.3 Å². The minimum absolute atomic E-state index is 0.0225. The minimum Gasteiger partial charge on any atom is -0.356 e. The number of amides is 2. The van der Waals surface area contributed by atoms with E-state index in [1.54, 1.807) is 11.3 Å². The Balaban J connectivity index is 1.21. The number of aromatic nitrogens is 1. The number of rotatable bonds is 7. The molecular formula is C22H23N3O2S. The Bertz CT molecular complexity index is 948. The maximum absolute atomic E-state index is 12.2. The van der Waals surface area contributed by atoms with Crippen LogP contribution in [-0.2, 0) is 22.4 Å². The molecule has 2 heterocycles. The highest BCUT2D eigenvalue weighted by molar-refractivity contribution is 7.18. The zero-order valence-electron chi connectivity index (χ0n) is 15.7. The fourth-order valence-corrected chi connectivity index (χ4v) is 4.47. The van der Waals surface area contributed by atoms with Crippen LogP contribution in [0.15, 0.2) is 48.5 Å². The van der Waals surface area contributed by atoms with Gasteiger partial charge in [0, 0.05) is 31.6 Å². The van der Waals surface area contributed by atoms with E-state index in [9.17, 15) is 9.59 Å². The normalized spacial score (nSPS) is 14.0. The Hall–Kier alpha value is -2.73. The molecule has 1 fully saturated rings. The van der Waals surface area contributed by atoms with Crippen LogP contribution in [0.4, 0.5) is 5.69 Å². The first-order valence-electron chi connectivity index (χ1n) is 9.69. The second-order valence-electron chi connectivity index (χ2n) is 7.02. The Morgan fingerprint density at radius 2 is 1.96 bits per heavy atom. The van der Waals surface area contributed by atoms with Crippen molar-refractivity contribution in [3.8, 4) is 0 Å². The second-order valence-corrected chi connectivity index (χ2v) is 8.14. The minimum atomic E-state index is 0.0225. The maximum atomic E-state index is 12.2. The van der Waals surface area contributed by atoms with Crippen LogP contribution in [0.2, 0.25) is 0 Å². The number of anilines is 1. The van der Waals surface area contributed by atoms with Crippen molar-refractivity contribution in [1.29, 1.82) is 0 Å². The molecule has 1 aliphatic rings. The van der Waals surface area contributed by atoms with E-state index in [2.05, 4.69) is 16.4 Å². The van der Waals surface area contributed by atoms with E-state index < -0.39 is 0 Å². The zero-order chi connectivity index (χ0) is 19.3. The molecule has 1 saturated heterocycles. The van der Waals surface area contributed by atoms with Crippen LogP contribution in [0, 0.1) is 0 Å². The van der Waals surface area contributed by atoms with Crippen molar-refractivity contribution in [2.24, 2.45) is 0 Å². The van der Waals surface area contributed by atoms with Gasteiger partial charge >= 0.3 is 0 Å². The number of thiazole rings is 1. The Kier molecular flexibility index (Phi) is 5.67. The van der Waals surface area contributed by atoms with E-state index in [0.717, 1.165) is 47.6 Å². The van der Waals surface area contributed by atoms with E-state index in [1.165, 1.54) is 4.70 Å². The lowest BCUT2D eigenvalue weighted by molar-refractivity contribution is -0.120. The van der Waals surface area contributed by atoms with Crippen LogP contribution in [0.5, 0.6) is 0 Å². The lowest BCUT2D eigenvalue weighted by Gasteiger charge is -2.15. The van der Waals surface area contributed by atoms with Gasteiger partial charge in [0.1, 0.15) is 0 Å². The highest BCUT2D eigenvalue weighted by Crippen LogP contribution is 2.23. The molecule has 2 aromatic carbocycles. The van der Waals surface area contributed by atoms with Gasteiger partial charge in [-0.1, -0.05) is 24.3 Å². The summed E-state index contributed by atoms with van der Waals surface area (Å²) < 4.78 is 1.21. The molecule has 0 atom stereocenters. The quantitative estimate of drug-likeness (QED) is 0.623. The summed E-state index contributed by atoms with van der Waals surface area (Å²) in [6.07, 6.45) is 3.65. The molecule has 6 heteroatoms. The third-order valence-electron chi connectivity index (χ3n) is 4.91. The number of hydrogen-bond acceptors (Lipinski definition) is 4. The summed E-state index contributed by atoms with van der Waals surface area (Å²) in [4.78, 5) is 30.4. The fraction of sp³-hybridized carbons (Fsp3) is 0.318. The lowest BCUT2D eigenvalue weighted by atomic mass is 10.1. The summed E-state index contributed by atoms with van der Waals surface area (Å²) in [6, 6.07) is 15.9. The fourth-order valence-electron chi connectivity index (χ4n) is 3.46. The molecule has 1 aliphatic heterocycles. The van der Waals surface area contributed by atoms with E-state index in [0.29, 0.717) is 19.4 Å². The zero-order valence-corrected chi connectivity index (χ0v) is 16.5. The molecule has 3 aromatic rings. The van der Waals surface area contributed by atoms with E-state index in [1.807, 2.05) is 47.4 Å². The molecule has 0 unspecified atom stereocenters. The van der Waals surface area contributed by atoms with Crippen molar-refractivity contribution in [3.63, 3.8) is 0 Å². The summed E-state index contributed by atoms with van der Waals surface area (Å²) in [5, 5.41) is 4.10. The number of nitrogens with zero attached hydrogens (tertiary/aromatic N) is 2. The topological polar surface area (TPSA) is 62.3 Å². The number of carbonyl (C=O) groups is 2. The summed E-state index contributed by atoms with van der Waals surface area (Å²) in [5.74, 6) is 0.202. The summed E-state index contributed by atoms with van der Waals surface area (Å²) in [5.41, 5.74) is 2.92. The average Bonchev–Trinajstić information content (AvgIpc) is 3.31. The molecule has 0 aliphatic carbocycles. The summed E-state index contributed by atoms with van der Waals surface area (Å²) in [7, 11) is 0. The first-order chi connectivity index (χ1) is 13.7. The highest BCUT2D eigenvalue weighted by atomic mass is 32.1. The number of nitrogens with one attached hydrogen (secondary N) is 1. The number of hydrogen-bond donors (Lipinski definition) is 1. The molecule has 0 radical (unpaired) electrons. The van der Waals surface area contributed by atoms with Gasteiger partial charge < -0.3 is 10.2 Å². The molecule has 4 rings (SSSR count). The van der Waals surface area contributed by atoms with Crippen LogP contribution in [0.25, 0.3) is 10.2 Å². The van der Waals surface area contributed by atoms with Crippen molar-refractivity contribution < 1.29 is 9.59 Å². The molecule has 144 valence electrons. The molecule has 2 amide bonds. The van der Waals surface area contributed by atoms with Crippen LogP contribution >= 0.6 is 11.3 Å². The van der Waals surface area contributed by atoms with Gasteiger partial charge in [0.05, 0.1) is 21.6 Å². The number of fused-ring (bicyclic) bond motifs is 1. The molecule has 1 N–H and O–H groups in total. The van der Waals surface area contributed by atoms with Crippen molar-refractivity contribution >= 4 is 39.1 Å². The maximum Gasteiger partial charge on any atom is 0.227 e. The van der Waals surface area contributed by atoms with Crippen LogP contribution in [0.1, 0.15) is 29.8 Å². The second kappa shape index (κ2) is 8.52. The van der Waals surface area contributed by atoms with Crippen LogP contribution in [-0.4, -0.2) is 29.9 Å². The molecule has 28 heavy (non-hydrogen) atoms.